The second-order valence-electron chi connectivity index (χ2n) is 11.1. The molecule has 6 rings (SSSR count). The van der Waals surface area contributed by atoms with E-state index >= 15 is 0 Å². The molecule has 188 valence electrons. The maximum Gasteiger partial charge on any atom is 0.250 e. The molecule has 0 aliphatic carbocycles. The number of Topliss-reactive ketones (excluding diaryl/α,β-unsaturated/α-hetero) is 1. The first kappa shape index (κ1) is 23.8. The van der Waals surface area contributed by atoms with E-state index in [1.165, 1.54) is 11.1 Å². The third-order valence-electron chi connectivity index (χ3n) is 8.72. The van der Waals surface area contributed by atoms with Crippen molar-refractivity contribution in [2.24, 2.45) is 5.41 Å². The number of nitrogens with one attached hydrogen (secondary N) is 1. The Kier molecular flexibility index (Phi) is 5.48. The van der Waals surface area contributed by atoms with Gasteiger partial charge in [-0.15, -0.1) is 0 Å². The maximum atomic E-state index is 15.0. The summed E-state index contributed by atoms with van der Waals surface area (Å²) in [5, 5.41) is 3.15. The van der Waals surface area contributed by atoms with Crippen LogP contribution >= 0.6 is 0 Å². The molecule has 3 aromatic rings. The third kappa shape index (κ3) is 3.30. The molecule has 5 nitrogen and oxygen atoms in total. The van der Waals surface area contributed by atoms with E-state index < -0.39 is 11.0 Å². The predicted octanol–water partition coefficient (Wildman–Crippen LogP) is 4.76. The van der Waals surface area contributed by atoms with Crippen molar-refractivity contribution in [3.8, 4) is 0 Å². The van der Waals surface area contributed by atoms with Gasteiger partial charge < -0.3 is 10.2 Å². The standard InChI is InChI=1S/C32H33N3O2/c1-21-9-13-23(14-10-21)17-25-18-34(3)20-31(29(25)36)27(24-15-11-22(2)12-16-24)19-35(4)32(31)26-7-5-6-8-28(26)33-30(32)37/h5-17,27H,18-20H2,1-4H3,(H,33,37)/b25-17+/t27-,31+,32+/m0/s1. The number of benzene rings is 3. The number of nitrogens with zero attached hydrogens (tertiary/aromatic N) is 2. The quantitative estimate of drug-likeness (QED) is 0.525. The van der Waals surface area contributed by atoms with E-state index in [4.69, 9.17) is 0 Å². The predicted molar refractivity (Wildman–Crippen MR) is 147 cm³/mol. The average Bonchev–Trinajstić information content (AvgIpc) is 3.32. The van der Waals surface area contributed by atoms with Gasteiger partial charge in [-0.3, -0.25) is 14.5 Å². The molecule has 2 saturated heterocycles. The highest BCUT2D eigenvalue weighted by atomic mass is 16.2. The molecule has 5 heteroatoms. The number of anilines is 1. The van der Waals surface area contributed by atoms with Crippen molar-refractivity contribution in [2.45, 2.75) is 25.3 Å². The molecule has 3 aliphatic heterocycles. The number of para-hydroxylation sites is 1. The van der Waals surface area contributed by atoms with Crippen LogP contribution in [0.4, 0.5) is 5.69 Å². The van der Waals surface area contributed by atoms with Crippen LogP contribution in [-0.2, 0) is 15.1 Å². The fraction of sp³-hybridized carbons (Fsp3) is 0.312. The van der Waals surface area contributed by atoms with Gasteiger partial charge in [-0.25, -0.2) is 0 Å². The van der Waals surface area contributed by atoms with Crippen LogP contribution in [0.3, 0.4) is 0 Å². The maximum absolute atomic E-state index is 15.0. The average molecular weight is 492 g/mol. The molecular formula is C32H33N3O2. The molecule has 3 aliphatic rings. The van der Waals surface area contributed by atoms with Gasteiger partial charge in [0.1, 0.15) is 5.54 Å². The second kappa shape index (κ2) is 8.51. The van der Waals surface area contributed by atoms with E-state index in [1.807, 2.05) is 37.4 Å². The van der Waals surface area contributed by atoms with Crippen molar-refractivity contribution in [3.05, 3.63) is 106 Å². The van der Waals surface area contributed by atoms with Gasteiger partial charge in [-0.1, -0.05) is 77.9 Å². The number of ketones is 1. The highest BCUT2D eigenvalue weighted by molar-refractivity contribution is 6.15. The number of carbonyl (C=O) groups is 2. The highest BCUT2D eigenvalue weighted by Crippen LogP contribution is 2.64. The molecule has 0 unspecified atom stereocenters. The van der Waals surface area contributed by atoms with Gasteiger partial charge in [0, 0.05) is 42.4 Å². The Bertz CT molecular complexity index is 1430. The summed E-state index contributed by atoms with van der Waals surface area (Å²) in [5.41, 5.74) is 4.82. The minimum Gasteiger partial charge on any atom is -0.324 e. The molecule has 0 saturated carbocycles. The number of fused-ring (bicyclic) bond motifs is 3. The van der Waals surface area contributed by atoms with E-state index in [-0.39, 0.29) is 17.6 Å². The molecule has 0 aromatic heterocycles. The lowest BCUT2D eigenvalue weighted by Crippen LogP contribution is -2.65. The molecule has 1 N–H and O–H groups in total. The van der Waals surface area contributed by atoms with Crippen molar-refractivity contribution in [3.63, 3.8) is 0 Å². The molecule has 3 atom stereocenters. The van der Waals surface area contributed by atoms with Crippen LogP contribution in [0.2, 0.25) is 0 Å². The van der Waals surface area contributed by atoms with Crippen molar-refractivity contribution < 1.29 is 9.59 Å². The van der Waals surface area contributed by atoms with Crippen LogP contribution < -0.4 is 5.32 Å². The molecule has 0 radical (unpaired) electrons. The van der Waals surface area contributed by atoms with Crippen LogP contribution in [0.15, 0.2) is 78.4 Å². The molecule has 1 amide bonds. The number of hydrogen-bond acceptors (Lipinski definition) is 4. The molecule has 37 heavy (non-hydrogen) atoms. The van der Waals surface area contributed by atoms with E-state index in [2.05, 4.69) is 84.5 Å². The van der Waals surface area contributed by atoms with Gasteiger partial charge in [0.2, 0.25) is 0 Å². The van der Waals surface area contributed by atoms with Gasteiger partial charge in [-0.05, 0) is 51.2 Å². The lowest BCUT2D eigenvalue weighted by Gasteiger charge is -2.50. The zero-order valence-corrected chi connectivity index (χ0v) is 21.9. The Morgan fingerprint density at radius 3 is 2.24 bits per heavy atom. The lowest BCUT2D eigenvalue weighted by atomic mass is 9.56. The Morgan fingerprint density at radius 1 is 0.892 bits per heavy atom. The minimum atomic E-state index is -1.10. The zero-order valence-electron chi connectivity index (χ0n) is 21.9. The van der Waals surface area contributed by atoms with Crippen LogP contribution in [0.25, 0.3) is 6.08 Å². The van der Waals surface area contributed by atoms with Gasteiger partial charge in [0.15, 0.2) is 5.78 Å². The summed E-state index contributed by atoms with van der Waals surface area (Å²) in [4.78, 5) is 33.5. The number of hydrogen-bond donors (Lipinski definition) is 1. The van der Waals surface area contributed by atoms with Crippen molar-refractivity contribution in [1.29, 1.82) is 0 Å². The fourth-order valence-corrected chi connectivity index (χ4v) is 7.14. The second-order valence-corrected chi connectivity index (χ2v) is 11.1. The van der Waals surface area contributed by atoms with Gasteiger partial charge in [0.05, 0.1) is 5.41 Å². The summed E-state index contributed by atoms with van der Waals surface area (Å²) in [6.45, 7) is 5.80. The fourth-order valence-electron chi connectivity index (χ4n) is 7.14. The minimum absolute atomic E-state index is 0.0768. The molecular weight excluding hydrogens is 458 g/mol. The zero-order chi connectivity index (χ0) is 25.9. The van der Waals surface area contributed by atoms with Crippen LogP contribution in [-0.4, -0.2) is 55.2 Å². The van der Waals surface area contributed by atoms with Gasteiger partial charge in [0.25, 0.3) is 5.91 Å². The normalized spacial score (nSPS) is 28.9. The third-order valence-corrected chi connectivity index (χ3v) is 8.72. The first-order valence-corrected chi connectivity index (χ1v) is 13.0. The van der Waals surface area contributed by atoms with Crippen molar-refractivity contribution in [2.75, 3.05) is 39.0 Å². The number of aryl methyl sites for hydroxylation is 2. The van der Waals surface area contributed by atoms with Gasteiger partial charge in [-0.2, -0.15) is 0 Å². The van der Waals surface area contributed by atoms with Gasteiger partial charge >= 0.3 is 0 Å². The van der Waals surface area contributed by atoms with Crippen molar-refractivity contribution >= 4 is 23.5 Å². The Labute approximate surface area is 218 Å². The number of piperidine rings is 1. The first-order chi connectivity index (χ1) is 17.8. The number of likely N-dealkylation sites (N-methyl/N-ethyl adjacent to an activating group) is 2. The first-order valence-electron chi connectivity index (χ1n) is 13.0. The Hall–Kier alpha value is -3.54. The highest BCUT2D eigenvalue weighted by Gasteiger charge is 2.74. The van der Waals surface area contributed by atoms with E-state index in [1.54, 1.807) is 0 Å². The van der Waals surface area contributed by atoms with Crippen LogP contribution in [0.5, 0.6) is 0 Å². The van der Waals surface area contributed by atoms with E-state index in [9.17, 15) is 9.59 Å². The number of likely N-dealkylation sites (tertiary alicyclic amines) is 2. The molecule has 0 bridgehead atoms. The summed E-state index contributed by atoms with van der Waals surface area (Å²) >= 11 is 0. The van der Waals surface area contributed by atoms with E-state index in [0.717, 1.165) is 28.0 Å². The smallest absolute Gasteiger partial charge is 0.250 e. The number of carbonyl (C=O) groups excluding carboxylic acids is 2. The molecule has 3 aromatic carbocycles. The summed E-state index contributed by atoms with van der Waals surface area (Å²) < 4.78 is 0. The summed E-state index contributed by atoms with van der Waals surface area (Å²) in [7, 11) is 4.07. The van der Waals surface area contributed by atoms with Crippen LogP contribution in [0, 0.1) is 19.3 Å². The molecule has 3 heterocycles. The summed E-state index contributed by atoms with van der Waals surface area (Å²) in [6.07, 6.45) is 2.02. The largest absolute Gasteiger partial charge is 0.324 e. The topological polar surface area (TPSA) is 52.7 Å². The summed E-state index contributed by atoms with van der Waals surface area (Å²) in [5.74, 6) is -0.177. The SMILES string of the molecule is Cc1ccc(/C=C2\CN(C)C[C@]3(C2=O)[C@H](c2ccc(C)cc2)CN(C)[C@]32C(=O)Nc3ccccc32)cc1. The number of rotatable bonds is 2. The van der Waals surface area contributed by atoms with Crippen molar-refractivity contribution in [1.82, 2.24) is 9.80 Å². The Balaban J connectivity index is 1.62. The molecule has 2 spiro atoms. The summed E-state index contributed by atoms with van der Waals surface area (Å²) in [6, 6.07) is 24.6. The van der Waals surface area contributed by atoms with E-state index in [0.29, 0.717) is 19.6 Å². The number of amides is 1. The lowest BCUT2D eigenvalue weighted by molar-refractivity contribution is -0.146. The monoisotopic (exact) mass is 491 g/mol. The molecule has 2 fully saturated rings. The van der Waals surface area contributed by atoms with Crippen LogP contribution in [0.1, 0.15) is 33.7 Å². The Morgan fingerprint density at radius 2 is 1.54 bits per heavy atom.